The van der Waals surface area contributed by atoms with Crippen LogP contribution in [0.2, 0.25) is 0 Å². The molecule has 0 radical (unpaired) electrons. The molecule has 0 aromatic heterocycles. The zero-order valence-electron chi connectivity index (χ0n) is 15.4. The number of aliphatic hydroxyl groups is 2. The van der Waals surface area contributed by atoms with Crippen molar-refractivity contribution in [2.45, 2.75) is 102 Å². The number of epoxide rings is 1. The molecule has 4 heteroatoms. The maximum atomic E-state index is 10.8. The molecule has 24 heavy (non-hydrogen) atoms. The molecule has 2 heterocycles. The van der Waals surface area contributed by atoms with E-state index in [0.717, 1.165) is 24.0 Å². The van der Waals surface area contributed by atoms with Crippen molar-refractivity contribution in [3.05, 3.63) is 23.3 Å². The van der Waals surface area contributed by atoms with Gasteiger partial charge in [0.1, 0.15) is 23.9 Å². The normalized spacial score (nSPS) is 40.6. The Morgan fingerprint density at radius 2 is 1.92 bits per heavy atom. The van der Waals surface area contributed by atoms with Crippen molar-refractivity contribution in [1.29, 1.82) is 0 Å². The van der Waals surface area contributed by atoms with Crippen molar-refractivity contribution in [2.75, 3.05) is 0 Å². The van der Waals surface area contributed by atoms with Gasteiger partial charge in [-0.15, -0.1) is 0 Å². The van der Waals surface area contributed by atoms with E-state index in [4.69, 9.17) is 9.47 Å². The van der Waals surface area contributed by atoms with Crippen molar-refractivity contribution in [3.63, 3.8) is 0 Å². The van der Waals surface area contributed by atoms with Crippen LogP contribution in [0.4, 0.5) is 0 Å². The van der Waals surface area contributed by atoms with Crippen LogP contribution in [0.25, 0.3) is 0 Å². The fourth-order valence-electron chi connectivity index (χ4n) is 4.23. The molecule has 0 saturated carbocycles. The van der Waals surface area contributed by atoms with Gasteiger partial charge in [-0.25, -0.2) is 0 Å². The lowest BCUT2D eigenvalue weighted by atomic mass is 9.72. The summed E-state index contributed by atoms with van der Waals surface area (Å²) in [7, 11) is 0. The summed E-state index contributed by atoms with van der Waals surface area (Å²) in [6.07, 6.45) is 8.66. The Hall–Kier alpha value is -0.680. The van der Waals surface area contributed by atoms with Gasteiger partial charge in [0.2, 0.25) is 0 Å². The van der Waals surface area contributed by atoms with Gasteiger partial charge in [0, 0.05) is 6.42 Å². The third kappa shape index (κ3) is 2.88. The van der Waals surface area contributed by atoms with E-state index in [-0.39, 0.29) is 12.2 Å². The number of ether oxygens (including phenoxy) is 2. The highest BCUT2D eigenvalue weighted by Gasteiger charge is 2.72. The minimum absolute atomic E-state index is 0.162. The predicted octanol–water partition coefficient (Wildman–Crippen LogP) is 3.27. The van der Waals surface area contributed by atoms with E-state index in [9.17, 15) is 10.2 Å². The molecule has 4 nitrogen and oxygen atoms in total. The molecule has 0 amide bonds. The minimum Gasteiger partial charge on any atom is -0.390 e. The molecule has 136 valence electrons. The summed E-state index contributed by atoms with van der Waals surface area (Å²) < 4.78 is 12.2. The lowest BCUT2D eigenvalue weighted by molar-refractivity contribution is -0.189. The van der Waals surface area contributed by atoms with E-state index in [1.54, 1.807) is 0 Å². The Bertz CT molecular complexity index is 536. The molecule has 2 N–H and O–H groups in total. The van der Waals surface area contributed by atoms with Crippen molar-refractivity contribution in [3.8, 4) is 0 Å². The summed E-state index contributed by atoms with van der Waals surface area (Å²) in [4.78, 5) is 0. The molecule has 2 fully saturated rings. The molecule has 0 aromatic rings. The van der Waals surface area contributed by atoms with Crippen LogP contribution in [-0.4, -0.2) is 45.8 Å². The third-order valence-corrected chi connectivity index (χ3v) is 5.90. The lowest BCUT2D eigenvalue weighted by Gasteiger charge is -2.46. The first-order chi connectivity index (χ1) is 11.4. The molecule has 1 aliphatic carbocycles. The van der Waals surface area contributed by atoms with Gasteiger partial charge >= 0.3 is 0 Å². The van der Waals surface area contributed by atoms with Gasteiger partial charge in [-0.1, -0.05) is 38.8 Å². The molecule has 0 aromatic carbocycles. The highest BCUT2D eigenvalue weighted by Crippen LogP contribution is 2.58. The largest absolute Gasteiger partial charge is 0.390 e. The Kier molecular flexibility index (Phi) is 4.95. The summed E-state index contributed by atoms with van der Waals surface area (Å²) >= 11 is 0. The number of aliphatic hydroxyl groups excluding tert-OH is 2. The van der Waals surface area contributed by atoms with E-state index in [1.807, 2.05) is 13.8 Å². The van der Waals surface area contributed by atoms with E-state index in [1.165, 1.54) is 19.3 Å². The molecule has 5 atom stereocenters. The van der Waals surface area contributed by atoms with E-state index in [2.05, 4.69) is 26.0 Å². The fraction of sp³-hybridized carbons (Fsp3) is 0.800. The van der Waals surface area contributed by atoms with Crippen LogP contribution in [0.3, 0.4) is 0 Å². The van der Waals surface area contributed by atoms with Crippen LogP contribution in [0, 0.1) is 0 Å². The summed E-state index contributed by atoms with van der Waals surface area (Å²) in [6.45, 7) is 8.17. The lowest BCUT2D eigenvalue weighted by Crippen LogP contribution is -2.58. The Morgan fingerprint density at radius 1 is 1.17 bits per heavy atom. The topological polar surface area (TPSA) is 62.2 Å². The van der Waals surface area contributed by atoms with Crippen molar-refractivity contribution in [1.82, 2.24) is 0 Å². The van der Waals surface area contributed by atoms with Crippen molar-refractivity contribution >= 4 is 0 Å². The van der Waals surface area contributed by atoms with Gasteiger partial charge < -0.3 is 19.7 Å². The first kappa shape index (κ1) is 18.1. The third-order valence-electron chi connectivity index (χ3n) is 5.90. The molecule has 1 spiro atoms. The molecule has 3 rings (SSSR count). The second-order valence-electron chi connectivity index (χ2n) is 7.99. The van der Waals surface area contributed by atoms with Crippen molar-refractivity contribution < 1.29 is 19.7 Å². The smallest absolute Gasteiger partial charge is 0.130 e. The first-order valence-electron chi connectivity index (χ1n) is 9.48. The van der Waals surface area contributed by atoms with Crippen LogP contribution < -0.4 is 0 Å². The molecular formula is C20H32O4. The number of allylic oxidation sites excluding steroid dienone is 1. The Labute approximate surface area is 145 Å². The van der Waals surface area contributed by atoms with Gasteiger partial charge in [-0.2, -0.15) is 0 Å². The standard InChI is InChI=1S/C20H32O4/c1-5-7-8-9-10-11-14-13(6-2)17-20(18(24-20)16(14)22)12-15(21)19(3,4)23-17/h10-11,15-18,21-22H,5-9,12H2,1-4H3. The van der Waals surface area contributed by atoms with E-state index >= 15 is 0 Å². The summed E-state index contributed by atoms with van der Waals surface area (Å²) in [5.41, 5.74) is 0.969. The van der Waals surface area contributed by atoms with Gasteiger partial charge in [0.15, 0.2) is 0 Å². The highest BCUT2D eigenvalue weighted by atomic mass is 16.7. The van der Waals surface area contributed by atoms with Gasteiger partial charge in [-0.3, -0.25) is 0 Å². The van der Waals surface area contributed by atoms with Gasteiger partial charge in [-0.05, 0) is 44.3 Å². The summed E-state index contributed by atoms with van der Waals surface area (Å²) in [5, 5.41) is 21.1. The second kappa shape index (κ2) is 6.56. The monoisotopic (exact) mass is 336 g/mol. The number of hydrogen-bond acceptors (Lipinski definition) is 4. The Balaban J connectivity index is 1.85. The number of unbranched alkanes of at least 4 members (excludes halogenated alkanes) is 3. The second-order valence-corrected chi connectivity index (χ2v) is 7.99. The van der Waals surface area contributed by atoms with Crippen LogP contribution in [0.5, 0.6) is 0 Å². The van der Waals surface area contributed by atoms with E-state index in [0.29, 0.717) is 6.42 Å². The van der Waals surface area contributed by atoms with Gasteiger partial charge in [0.05, 0.1) is 11.7 Å². The molecule has 5 unspecified atom stereocenters. The molecule has 2 aliphatic heterocycles. The summed E-state index contributed by atoms with van der Waals surface area (Å²) in [6, 6.07) is 0. The van der Waals surface area contributed by atoms with E-state index < -0.39 is 23.4 Å². The zero-order valence-corrected chi connectivity index (χ0v) is 15.4. The van der Waals surface area contributed by atoms with Crippen LogP contribution in [0.15, 0.2) is 23.3 Å². The van der Waals surface area contributed by atoms with Crippen LogP contribution in [0.1, 0.15) is 66.2 Å². The Morgan fingerprint density at radius 3 is 2.58 bits per heavy atom. The number of hydrogen-bond donors (Lipinski definition) is 2. The predicted molar refractivity (Wildman–Crippen MR) is 93.8 cm³/mol. The molecular weight excluding hydrogens is 304 g/mol. The molecule has 0 bridgehead atoms. The fourth-order valence-corrected chi connectivity index (χ4v) is 4.23. The SMILES string of the molecule is CCCCCC=CC1=C(CC)C2OC(C)(C)C(O)CC23OC3C1O. The highest BCUT2D eigenvalue weighted by molar-refractivity contribution is 5.44. The maximum Gasteiger partial charge on any atom is 0.130 e. The van der Waals surface area contributed by atoms with Gasteiger partial charge in [0.25, 0.3) is 0 Å². The minimum atomic E-state index is -0.615. The number of rotatable bonds is 6. The maximum absolute atomic E-state index is 10.8. The van der Waals surface area contributed by atoms with Crippen molar-refractivity contribution in [2.24, 2.45) is 0 Å². The summed E-state index contributed by atoms with van der Waals surface area (Å²) in [5.74, 6) is 0. The average Bonchev–Trinajstić information content (AvgIpc) is 3.25. The van der Waals surface area contributed by atoms with Crippen LogP contribution >= 0.6 is 0 Å². The molecule has 2 saturated heterocycles. The van der Waals surface area contributed by atoms with Crippen LogP contribution in [-0.2, 0) is 9.47 Å². The zero-order chi connectivity index (χ0) is 17.5. The molecule has 3 aliphatic rings. The average molecular weight is 336 g/mol. The first-order valence-corrected chi connectivity index (χ1v) is 9.48. The quantitative estimate of drug-likeness (QED) is 0.577.